The third-order valence-electron chi connectivity index (χ3n) is 4.16. The van der Waals surface area contributed by atoms with Crippen molar-refractivity contribution in [3.8, 4) is 0 Å². The van der Waals surface area contributed by atoms with E-state index in [1.54, 1.807) is 7.11 Å². The van der Waals surface area contributed by atoms with E-state index in [-0.39, 0.29) is 12.1 Å². The fourth-order valence-corrected chi connectivity index (χ4v) is 3.74. The number of amides is 1. The van der Waals surface area contributed by atoms with Crippen LogP contribution in [0, 0.1) is 5.92 Å². The Morgan fingerprint density at radius 2 is 2.09 bits per heavy atom. The van der Waals surface area contributed by atoms with Crippen LogP contribution in [0.15, 0.2) is 30.3 Å². The zero-order valence-corrected chi connectivity index (χ0v) is 14.1. The van der Waals surface area contributed by atoms with Crippen molar-refractivity contribution in [1.29, 1.82) is 0 Å². The molecule has 122 valence electrons. The highest BCUT2D eigenvalue weighted by Crippen LogP contribution is 2.28. The topological polar surface area (TPSA) is 47.6 Å². The molecule has 0 spiro atoms. The van der Waals surface area contributed by atoms with E-state index in [0.29, 0.717) is 18.6 Å². The number of hydrogen-bond acceptors (Lipinski definition) is 4. The summed E-state index contributed by atoms with van der Waals surface area (Å²) in [4.78, 5) is 12.0. The van der Waals surface area contributed by atoms with Crippen LogP contribution >= 0.6 is 11.8 Å². The molecule has 1 aliphatic rings. The molecule has 4 nitrogen and oxygen atoms in total. The molecule has 0 heterocycles. The van der Waals surface area contributed by atoms with Crippen molar-refractivity contribution in [3.05, 3.63) is 35.9 Å². The summed E-state index contributed by atoms with van der Waals surface area (Å²) in [6.07, 6.45) is 5.03. The quantitative estimate of drug-likeness (QED) is 0.871. The van der Waals surface area contributed by atoms with E-state index < -0.39 is 0 Å². The average molecular weight is 323 g/mol. The summed E-state index contributed by atoms with van der Waals surface area (Å²) in [7, 11) is 1.77. The third-order valence-corrected chi connectivity index (χ3v) is 4.93. The Labute approximate surface area is 137 Å². The number of thioether (sulfide) groups is 1. The van der Waals surface area contributed by atoms with Crippen molar-refractivity contribution in [2.24, 2.45) is 5.92 Å². The minimum absolute atomic E-state index is 0.183. The zero-order chi connectivity index (χ0) is 15.8. The number of carbonyl (C=O) groups is 1. The Morgan fingerprint density at radius 3 is 2.77 bits per heavy atom. The Morgan fingerprint density at radius 1 is 1.32 bits per heavy atom. The number of carbonyl (C=O) groups excluding carboxylic acids is 1. The molecule has 1 aromatic rings. The van der Waals surface area contributed by atoms with Crippen LogP contribution in [0.5, 0.6) is 0 Å². The number of ether oxygens (including phenoxy) is 2. The van der Waals surface area contributed by atoms with E-state index in [4.69, 9.17) is 9.47 Å². The largest absolute Gasteiger partial charge is 0.445 e. The highest BCUT2D eigenvalue weighted by molar-refractivity contribution is 7.98. The van der Waals surface area contributed by atoms with Gasteiger partial charge in [-0.2, -0.15) is 11.8 Å². The number of alkyl carbamates (subject to hydrolysis) is 1. The molecule has 0 aliphatic heterocycles. The molecule has 1 amide bonds. The van der Waals surface area contributed by atoms with E-state index in [0.717, 1.165) is 30.6 Å². The van der Waals surface area contributed by atoms with Crippen LogP contribution in [0.1, 0.15) is 24.8 Å². The number of methoxy groups -OCH3 is 1. The summed E-state index contributed by atoms with van der Waals surface area (Å²) in [6, 6.07) is 9.92. The summed E-state index contributed by atoms with van der Waals surface area (Å²) in [6.45, 7) is 0.313. The highest BCUT2D eigenvalue weighted by Gasteiger charge is 2.31. The van der Waals surface area contributed by atoms with E-state index in [2.05, 4.69) is 11.6 Å². The lowest BCUT2D eigenvalue weighted by Gasteiger charge is -2.35. The first-order chi connectivity index (χ1) is 10.7. The molecule has 3 atom stereocenters. The number of benzene rings is 1. The zero-order valence-electron chi connectivity index (χ0n) is 13.3. The molecule has 1 saturated carbocycles. The lowest BCUT2D eigenvalue weighted by atomic mass is 9.84. The minimum Gasteiger partial charge on any atom is -0.445 e. The van der Waals surface area contributed by atoms with Crippen LogP contribution in [0.4, 0.5) is 4.79 Å². The summed E-state index contributed by atoms with van der Waals surface area (Å²) < 4.78 is 10.8. The summed E-state index contributed by atoms with van der Waals surface area (Å²) >= 11 is 1.81. The van der Waals surface area contributed by atoms with Crippen LogP contribution in [-0.4, -0.2) is 37.4 Å². The van der Waals surface area contributed by atoms with Gasteiger partial charge in [0, 0.05) is 13.2 Å². The molecule has 1 aliphatic carbocycles. The second kappa shape index (κ2) is 9.06. The Kier molecular flexibility index (Phi) is 7.06. The third kappa shape index (κ3) is 5.21. The normalized spacial score (nSPS) is 24.7. The Balaban J connectivity index is 1.81. The van der Waals surface area contributed by atoms with Gasteiger partial charge in [-0.3, -0.25) is 0 Å². The van der Waals surface area contributed by atoms with Crippen LogP contribution in [0.3, 0.4) is 0 Å². The molecule has 0 aromatic heterocycles. The van der Waals surface area contributed by atoms with Crippen LogP contribution < -0.4 is 5.32 Å². The molecule has 22 heavy (non-hydrogen) atoms. The molecule has 1 N–H and O–H groups in total. The molecule has 0 saturated heterocycles. The number of rotatable bonds is 6. The SMILES string of the molecule is CO[C@@H]1CC[C@H](NC(=O)OCc2ccccc2)[C@H](CSC)C1. The molecule has 1 fully saturated rings. The van der Waals surface area contributed by atoms with Gasteiger partial charge >= 0.3 is 6.09 Å². The molecule has 5 heteroatoms. The fourth-order valence-electron chi connectivity index (χ4n) is 2.94. The molecular formula is C17H25NO3S. The van der Waals surface area contributed by atoms with Crippen molar-refractivity contribution in [2.45, 2.75) is 38.0 Å². The summed E-state index contributed by atoms with van der Waals surface area (Å²) in [5.74, 6) is 1.47. The molecule has 0 radical (unpaired) electrons. The van der Waals surface area contributed by atoms with Gasteiger partial charge < -0.3 is 14.8 Å². The fraction of sp³-hybridized carbons (Fsp3) is 0.588. The van der Waals surface area contributed by atoms with Gasteiger partial charge in [0.05, 0.1) is 6.10 Å². The first-order valence-electron chi connectivity index (χ1n) is 7.72. The first kappa shape index (κ1) is 17.2. The summed E-state index contributed by atoms with van der Waals surface area (Å²) in [5, 5.41) is 3.04. The summed E-state index contributed by atoms with van der Waals surface area (Å²) in [5.41, 5.74) is 1.00. The van der Waals surface area contributed by atoms with Gasteiger partial charge in [0.2, 0.25) is 0 Å². The van der Waals surface area contributed by atoms with Crippen LogP contribution in [0.25, 0.3) is 0 Å². The van der Waals surface area contributed by atoms with Gasteiger partial charge in [-0.25, -0.2) is 4.79 Å². The first-order valence-corrected chi connectivity index (χ1v) is 9.11. The smallest absolute Gasteiger partial charge is 0.407 e. The average Bonchev–Trinajstić information content (AvgIpc) is 2.56. The predicted molar refractivity (Wildman–Crippen MR) is 90.1 cm³/mol. The van der Waals surface area contributed by atoms with Crippen LogP contribution in [0.2, 0.25) is 0 Å². The van der Waals surface area contributed by atoms with Crippen LogP contribution in [-0.2, 0) is 16.1 Å². The molecule has 0 unspecified atom stereocenters. The van der Waals surface area contributed by atoms with Crippen molar-refractivity contribution in [2.75, 3.05) is 19.1 Å². The van der Waals surface area contributed by atoms with E-state index in [1.807, 2.05) is 42.1 Å². The van der Waals surface area contributed by atoms with Crippen molar-refractivity contribution in [3.63, 3.8) is 0 Å². The monoisotopic (exact) mass is 323 g/mol. The van der Waals surface area contributed by atoms with Crippen molar-refractivity contribution in [1.82, 2.24) is 5.32 Å². The highest BCUT2D eigenvalue weighted by atomic mass is 32.2. The minimum atomic E-state index is -0.323. The maximum Gasteiger partial charge on any atom is 0.407 e. The maximum atomic E-state index is 12.0. The Bertz CT molecular complexity index is 454. The second-order valence-electron chi connectivity index (χ2n) is 5.70. The second-order valence-corrected chi connectivity index (χ2v) is 6.61. The maximum absolute atomic E-state index is 12.0. The molecular weight excluding hydrogens is 298 g/mol. The predicted octanol–water partition coefficient (Wildman–Crippen LogP) is 3.46. The van der Waals surface area contributed by atoms with E-state index >= 15 is 0 Å². The molecule has 2 rings (SSSR count). The van der Waals surface area contributed by atoms with Gasteiger partial charge in [0.25, 0.3) is 0 Å². The van der Waals surface area contributed by atoms with E-state index in [9.17, 15) is 4.79 Å². The number of nitrogens with one attached hydrogen (secondary N) is 1. The Hall–Kier alpha value is -1.20. The van der Waals surface area contributed by atoms with Gasteiger partial charge in [0.1, 0.15) is 6.61 Å². The standard InChI is InChI=1S/C17H25NO3S/c1-20-15-8-9-16(14(10-15)12-22-2)18-17(19)21-11-13-6-4-3-5-7-13/h3-7,14-16H,8-12H2,1-2H3,(H,18,19)/t14-,15+,16-/m0/s1. The lowest BCUT2D eigenvalue weighted by Crippen LogP contribution is -2.46. The van der Waals surface area contributed by atoms with E-state index in [1.165, 1.54) is 0 Å². The molecule has 1 aromatic carbocycles. The number of hydrogen-bond donors (Lipinski definition) is 1. The van der Waals surface area contributed by atoms with Crippen molar-refractivity contribution >= 4 is 17.9 Å². The van der Waals surface area contributed by atoms with Gasteiger partial charge in [-0.15, -0.1) is 0 Å². The van der Waals surface area contributed by atoms with Gasteiger partial charge in [0.15, 0.2) is 0 Å². The van der Waals surface area contributed by atoms with Gasteiger partial charge in [-0.05, 0) is 42.8 Å². The molecule has 0 bridgehead atoms. The van der Waals surface area contributed by atoms with Gasteiger partial charge in [-0.1, -0.05) is 30.3 Å². The lowest BCUT2D eigenvalue weighted by molar-refractivity contribution is 0.0412. The van der Waals surface area contributed by atoms with Crippen molar-refractivity contribution < 1.29 is 14.3 Å².